The zero-order valence-corrected chi connectivity index (χ0v) is 13.4. The van der Waals surface area contributed by atoms with E-state index in [-0.39, 0.29) is 6.42 Å². The number of halogens is 1. The van der Waals surface area contributed by atoms with E-state index in [1.807, 2.05) is 6.07 Å². The number of para-hydroxylation sites is 1. The van der Waals surface area contributed by atoms with Crippen LogP contribution < -0.4 is 4.74 Å². The van der Waals surface area contributed by atoms with Gasteiger partial charge in [0.05, 0.1) is 24.2 Å². The number of carboxylic acids is 1. The first-order valence-corrected chi connectivity index (χ1v) is 7.39. The molecule has 7 nitrogen and oxygen atoms in total. The molecule has 0 radical (unpaired) electrons. The first-order chi connectivity index (χ1) is 11.6. The lowest BCUT2D eigenvalue weighted by Gasteiger charge is -2.02. The highest BCUT2D eigenvalue weighted by atomic mass is 35.5. The Morgan fingerprint density at radius 3 is 2.83 bits per heavy atom. The third kappa shape index (κ3) is 3.21. The van der Waals surface area contributed by atoms with E-state index in [2.05, 4.69) is 15.2 Å². The zero-order valence-electron chi connectivity index (χ0n) is 12.7. The van der Waals surface area contributed by atoms with Crippen molar-refractivity contribution in [3.63, 3.8) is 0 Å². The van der Waals surface area contributed by atoms with Crippen molar-refractivity contribution >= 4 is 34.7 Å². The Balaban J connectivity index is 2.11. The highest BCUT2D eigenvalue weighted by Crippen LogP contribution is 2.30. The molecule has 0 spiro atoms. The van der Waals surface area contributed by atoms with Crippen molar-refractivity contribution in [2.75, 3.05) is 7.11 Å². The fraction of sp³-hybridized carbons (Fsp3) is 0.125. The molecule has 3 aromatic rings. The minimum atomic E-state index is -1.00. The number of aliphatic carboxylic acids is 1. The lowest BCUT2D eigenvalue weighted by atomic mass is 10.3. The summed E-state index contributed by atoms with van der Waals surface area (Å²) in [5.41, 5.74) is 1.38. The summed E-state index contributed by atoms with van der Waals surface area (Å²) in [4.78, 5) is 15.4. The second kappa shape index (κ2) is 6.67. The summed E-state index contributed by atoms with van der Waals surface area (Å²) in [6, 6.07) is 10.5. The van der Waals surface area contributed by atoms with Gasteiger partial charge in [-0.1, -0.05) is 23.7 Å². The van der Waals surface area contributed by atoms with E-state index in [4.69, 9.17) is 21.4 Å². The summed E-state index contributed by atoms with van der Waals surface area (Å²) in [6.07, 6.45) is 1.35. The lowest BCUT2D eigenvalue weighted by Crippen LogP contribution is -2.00. The maximum Gasteiger partial charge on any atom is 0.309 e. The van der Waals surface area contributed by atoms with Gasteiger partial charge in [-0.25, -0.2) is 4.98 Å². The number of carboxylic acid groups (broad SMARTS) is 1. The molecule has 0 aliphatic heterocycles. The van der Waals surface area contributed by atoms with Crippen LogP contribution in [-0.2, 0) is 11.2 Å². The number of methoxy groups -OCH3 is 1. The van der Waals surface area contributed by atoms with Crippen LogP contribution in [0.4, 0.5) is 11.5 Å². The SMILES string of the molecule is COc1ccccc1N=Nc1c(CC(=O)O)nc2ccc(Cl)cn12. The summed E-state index contributed by atoms with van der Waals surface area (Å²) in [5.74, 6) is -0.119. The Bertz CT molecular complexity index is 936. The van der Waals surface area contributed by atoms with Crippen molar-refractivity contribution in [3.8, 4) is 5.75 Å². The number of hydrogen-bond acceptors (Lipinski definition) is 5. The summed E-state index contributed by atoms with van der Waals surface area (Å²) in [7, 11) is 1.54. The molecule has 0 fully saturated rings. The largest absolute Gasteiger partial charge is 0.494 e. The van der Waals surface area contributed by atoms with E-state index in [0.717, 1.165) is 0 Å². The quantitative estimate of drug-likeness (QED) is 0.707. The monoisotopic (exact) mass is 344 g/mol. The fourth-order valence-corrected chi connectivity index (χ4v) is 2.40. The van der Waals surface area contributed by atoms with Gasteiger partial charge in [0.2, 0.25) is 0 Å². The maximum absolute atomic E-state index is 11.1. The molecule has 0 aliphatic carbocycles. The number of rotatable bonds is 5. The van der Waals surface area contributed by atoms with Crippen molar-refractivity contribution in [2.24, 2.45) is 10.2 Å². The lowest BCUT2D eigenvalue weighted by molar-refractivity contribution is -0.136. The Kier molecular flexibility index (Phi) is 4.43. The van der Waals surface area contributed by atoms with Crippen molar-refractivity contribution in [2.45, 2.75) is 6.42 Å². The molecule has 0 saturated heterocycles. The molecule has 2 aromatic heterocycles. The topological polar surface area (TPSA) is 88.5 Å². The molecular formula is C16H13ClN4O3. The van der Waals surface area contributed by atoms with Crippen molar-refractivity contribution in [1.82, 2.24) is 9.38 Å². The van der Waals surface area contributed by atoms with Crippen LogP contribution in [0.1, 0.15) is 5.69 Å². The van der Waals surface area contributed by atoms with Crippen LogP contribution in [-0.4, -0.2) is 27.6 Å². The Morgan fingerprint density at radius 2 is 2.08 bits per heavy atom. The number of carbonyl (C=O) groups is 1. The number of fused-ring (bicyclic) bond motifs is 1. The Labute approximate surface area is 142 Å². The van der Waals surface area contributed by atoms with E-state index >= 15 is 0 Å². The summed E-state index contributed by atoms with van der Waals surface area (Å²) in [5, 5.41) is 17.9. The summed E-state index contributed by atoms with van der Waals surface area (Å²) in [6.45, 7) is 0. The summed E-state index contributed by atoms with van der Waals surface area (Å²) >= 11 is 6.01. The van der Waals surface area contributed by atoms with Gasteiger partial charge in [0.25, 0.3) is 0 Å². The van der Waals surface area contributed by atoms with Crippen LogP contribution in [0.5, 0.6) is 5.75 Å². The minimum Gasteiger partial charge on any atom is -0.494 e. The van der Waals surface area contributed by atoms with Gasteiger partial charge >= 0.3 is 5.97 Å². The zero-order chi connectivity index (χ0) is 17.1. The molecule has 0 unspecified atom stereocenters. The predicted octanol–water partition coefficient (Wildman–Crippen LogP) is 4.04. The molecule has 0 saturated carbocycles. The predicted molar refractivity (Wildman–Crippen MR) is 88.7 cm³/mol. The molecule has 3 rings (SSSR count). The molecule has 0 bridgehead atoms. The third-order valence-corrected chi connectivity index (χ3v) is 3.51. The van der Waals surface area contributed by atoms with Crippen LogP contribution in [0.25, 0.3) is 5.65 Å². The van der Waals surface area contributed by atoms with E-state index < -0.39 is 5.97 Å². The van der Waals surface area contributed by atoms with Gasteiger partial charge in [-0.15, -0.1) is 10.2 Å². The van der Waals surface area contributed by atoms with Crippen LogP contribution in [0.15, 0.2) is 52.8 Å². The fourth-order valence-electron chi connectivity index (χ4n) is 2.24. The second-order valence-corrected chi connectivity index (χ2v) is 5.34. The number of azo groups is 1. The van der Waals surface area contributed by atoms with Gasteiger partial charge in [0.15, 0.2) is 5.82 Å². The number of hydrogen-bond donors (Lipinski definition) is 1. The molecule has 1 N–H and O–H groups in total. The standard InChI is InChI=1S/C16H13ClN4O3/c1-24-13-5-3-2-4-11(13)19-20-16-12(8-15(22)23)18-14-7-6-10(17)9-21(14)16/h2-7,9H,8H2,1H3,(H,22,23). The molecule has 24 heavy (non-hydrogen) atoms. The van der Waals surface area contributed by atoms with Gasteiger partial charge in [-0.3, -0.25) is 9.20 Å². The van der Waals surface area contributed by atoms with E-state index in [1.54, 1.807) is 40.9 Å². The smallest absolute Gasteiger partial charge is 0.309 e. The first kappa shape index (κ1) is 15.9. The van der Waals surface area contributed by atoms with Crippen molar-refractivity contribution in [3.05, 3.63) is 53.3 Å². The third-order valence-electron chi connectivity index (χ3n) is 3.28. The molecule has 0 aliphatic rings. The number of aromatic nitrogens is 2. The van der Waals surface area contributed by atoms with E-state index in [9.17, 15) is 4.79 Å². The highest BCUT2D eigenvalue weighted by Gasteiger charge is 2.15. The minimum absolute atomic E-state index is 0.264. The van der Waals surface area contributed by atoms with Gasteiger partial charge in [-0.05, 0) is 24.3 Å². The molecule has 8 heteroatoms. The van der Waals surface area contributed by atoms with E-state index in [1.165, 1.54) is 7.11 Å². The van der Waals surface area contributed by atoms with Crippen molar-refractivity contribution in [1.29, 1.82) is 0 Å². The average molecular weight is 345 g/mol. The first-order valence-electron chi connectivity index (χ1n) is 7.01. The van der Waals surface area contributed by atoms with Gasteiger partial charge in [0, 0.05) is 6.20 Å². The van der Waals surface area contributed by atoms with Crippen LogP contribution in [0.2, 0.25) is 5.02 Å². The van der Waals surface area contributed by atoms with Gasteiger partial charge in [-0.2, -0.15) is 0 Å². The number of imidazole rings is 1. The van der Waals surface area contributed by atoms with Crippen LogP contribution in [0.3, 0.4) is 0 Å². The highest BCUT2D eigenvalue weighted by molar-refractivity contribution is 6.30. The Morgan fingerprint density at radius 1 is 1.29 bits per heavy atom. The van der Waals surface area contributed by atoms with Gasteiger partial charge in [0.1, 0.15) is 17.1 Å². The second-order valence-electron chi connectivity index (χ2n) is 4.90. The molecule has 2 heterocycles. The van der Waals surface area contributed by atoms with Crippen LogP contribution >= 0.6 is 11.6 Å². The number of benzene rings is 1. The maximum atomic E-state index is 11.1. The molecule has 1 aromatic carbocycles. The average Bonchev–Trinajstić information content (AvgIpc) is 2.89. The molecule has 0 atom stereocenters. The normalized spacial score (nSPS) is 11.2. The van der Waals surface area contributed by atoms with E-state index in [0.29, 0.717) is 33.6 Å². The van der Waals surface area contributed by atoms with Gasteiger partial charge < -0.3 is 9.84 Å². The Hall–Kier alpha value is -2.93. The van der Waals surface area contributed by atoms with Crippen LogP contribution in [0, 0.1) is 0 Å². The molecule has 0 amide bonds. The number of nitrogens with zero attached hydrogens (tertiary/aromatic N) is 4. The number of ether oxygens (including phenoxy) is 1. The summed E-state index contributed by atoms with van der Waals surface area (Å²) < 4.78 is 6.84. The molecular weight excluding hydrogens is 332 g/mol. The number of pyridine rings is 1. The van der Waals surface area contributed by atoms with Crippen molar-refractivity contribution < 1.29 is 14.6 Å². The molecule has 122 valence electrons.